The highest BCUT2D eigenvalue weighted by atomic mass is 32.1. The molecule has 21 heavy (non-hydrogen) atoms. The lowest BCUT2D eigenvalue weighted by molar-refractivity contribution is 0.535. The molecule has 108 valence electrons. The van der Waals surface area contributed by atoms with Crippen LogP contribution in [0.3, 0.4) is 0 Å². The molecular weight excluding hydrogens is 280 g/mol. The van der Waals surface area contributed by atoms with Crippen LogP contribution in [0, 0.1) is 6.92 Å². The quantitative estimate of drug-likeness (QED) is 0.754. The highest BCUT2D eigenvalue weighted by Crippen LogP contribution is 2.36. The zero-order valence-corrected chi connectivity index (χ0v) is 13.0. The van der Waals surface area contributed by atoms with Gasteiger partial charge < -0.3 is 9.73 Å². The number of furan rings is 1. The maximum Gasteiger partial charge on any atom is 0.127 e. The number of hydrogen-bond donors (Lipinski definition) is 1. The molecule has 2 aromatic heterocycles. The van der Waals surface area contributed by atoms with Gasteiger partial charge in [-0.3, -0.25) is 0 Å². The third-order valence-corrected chi connectivity index (χ3v) is 4.54. The van der Waals surface area contributed by atoms with Crippen molar-refractivity contribution >= 4 is 11.3 Å². The van der Waals surface area contributed by atoms with Crippen molar-refractivity contribution < 1.29 is 4.42 Å². The van der Waals surface area contributed by atoms with Crippen molar-refractivity contribution in [3.63, 3.8) is 0 Å². The first-order valence-corrected chi connectivity index (χ1v) is 7.91. The van der Waals surface area contributed by atoms with Crippen molar-refractivity contribution in [1.82, 2.24) is 10.3 Å². The van der Waals surface area contributed by atoms with Gasteiger partial charge in [0, 0.05) is 6.54 Å². The molecule has 0 atom stereocenters. The van der Waals surface area contributed by atoms with Gasteiger partial charge in [-0.05, 0) is 25.1 Å². The second-order valence-electron chi connectivity index (χ2n) is 4.83. The zero-order chi connectivity index (χ0) is 14.7. The van der Waals surface area contributed by atoms with Gasteiger partial charge in [0.25, 0.3) is 0 Å². The van der Waals surface area contributed by atoms with Crippen LogP contribution in [0.1, 0.15) is 18.4 Å². The van der Waals surface area contributed by atoms with Gasteiger partial charge in [0.05, 0.1) is 22.4 Å². The van der Waals surface area contributed by atoms with E-state index in [0.717, 1.165) is 35.1 Å². The smallest absolute Gasteiger partial charge is 0.127 e. The number of rotatable bonds is 5. The van der Waals surface area contributed by atoms with Crippen LogP contribution in [-0.2, 0) is 6.54 Å². The zero-order valence-electron chi connectivity index (χ0n) is 12.2. The van der Waals surface area contributed by atoms with E-state index in [1.54, 1.807) is 17.6 Å². The summed E-state index contributed by atoms with van der Waals surface area (Å²) in [7, 11) is 0. The van der Waals surface area contributed by atoms with Crippen molar-refractivity contribution in [2.45, 2.75) is 20.4 Å². The summed E-state index contributed by atoms with van der Waals surface area (Å²) in [4.78, 5) is 6.05. The van der Waals surface area contributed by atoms with Gasteiger partial charge in [-0.25, -0.2) is 4.98 Å². The van der Waals surface area contributed by atoms with E-state index in [9.17, 15) is 0 Å². The van der Waals surface area contributed by atoms with Crippen LogP contribution in [0.25, 0.3) is 21.0 Å². The van der Waals surface area contributed by atoms with Crippen molar-refractivity contribution in [3.05, 3.63) is 54.1 Å². The van der Waals surface area contributed by atoms with Gasteiger partial charge in [0.1, 0.15) is 10.8 Å². The van der Waals surface area contributed by atoms with E-state index in [0.29, 0.717) is 0 Å². The Morgan fingerprint density at radius 2 is 2.00 bits per heavy atom. The second-order valence-corrected chi connectivity index (χ2v) is 5.83. The summed E-state index contributed by atoms with van der Waals surface area (Å²) in [5.74, 6) is 0.915. The van der Waals surface area contributed by atoms with Crippen LogP contribution >= 0.6 is 11.3 Å². The van der Waals surface area contributed by atoms with E-state index in [4.69, 9.17) is 9.40 Å². The third-order valence-electron chi connectivity index (χ3n) is 3.36. The Hall–Kier alpha value is -1.91. The molecule has 4 heteroatoms. The first-order valence-electron chi connectivity index (χ1n) is 7.10. The first-order chi connectivity index (χ1) is 10.3. The number of aromatic nitrogens is 1. The van der Waals surface area contributed by atoms with Crippen LogP contribution in [-0.4, -0.2) is 11.5 Å². The summed E-state index contributed by atoms with van der Waals surface area (Å²) >= 11 is 1.72. The molecule has 0 saturated carbocycles. The molecule has 0 radical (unpaired) electrons. The SMILES string of the molecule is CCNCc1nc(-c2ccoc2C)sc1-c1ccccc1. The number of nitrogens with one attached hydrogen (secondary N) is 1. The van der Waals surface area contributed by atoms with E-state index >= 15 is 0 Å². The first kappa shape index (κ1) is 14.0. The third kappa shape index (κ3) is 2.91. The standard InChI is InChI=1S/C17H18N2OS/c1-3-18-11-15-16(13-7-5-4-6-8-13)21-17(19-15)14-9-10-20-12(14)2/h4-10,18H,3,11H2,1-2H3. The number of aryl methyl sites for hydroxylation is 1. The van der Waals surface area contributed by atoms with Crippen molar-refractivity contribution in [3.8, 4) is 21.0 Å². The van der Waals surface area contributed by atoms with Crippen molar-refractivity contribution in [1.29, 1.82) is 0 Å². The Balaban J connectivity index is 2.05. The van der Waals surface area contributed by atoms with Gasteiger partial charge in [0.15, 0.2) is 0 Å². The van der Waals surface area contributed by atoms with Gasteiger partial charge in [-0.2, -0.15) is 0 Å². The maximum absolute atomic E-state index is 5.41. The van der Waals surface area contributed by atoms with Gasteiger partial charge >= 0.3 is 0 Å². The molecule has 0 aliphatic rings. The number of nitrogens with zero attached hydrogens (tertiary/aromatic N) is 1. The lowest BCUT2D eigenvalue weighted by atomic mass is 10.1. The van der Waals surface area contributed by atoms with Crippen molar-refractivity contribution in [2.24, 2.45) is 0 Å². The second kappa shape index (κ2) is 6.24. The fourth-order valence-corrected chi connectivity index (χ4v) is 3.41. The molecule has 3 rings (SSSR count). The fourth-order valence-electron chi connectivity index (χ4n) is 2.25. The Kier molecular flexibility index (Phi) is 4.18. The van der Waals surface area contributed by atoms with Gasteiger partial charge in [0.2, 0.25) is 0 Å². The highest BCUT2D eigenvalue weighted by molar-refractivity contribution is 7.18. The molecule has 3 aromatic rings. The molecule has 0 saturated heterocycles. The normalized spacial score (nSPS) is 11.0. The summed E-state index contributed by atoms with van der Waals surface area (Å²) in [5.41, 5.74) is 3.40. The minimum absolute atomic E-state index is 0.786. The monoisotopic (exact) mass is 298 g/mol. The Bertz CT molecular complexity index is 715. The molecule has 2 heterocycles. The Morgan fingerprint density at radius 3 is 2.67 bits per heavy atom. The summed E-state index contributed by atoms with van der Waals surface area (Å²) in [6, 6.07) is 12.4. The molecule has 0 bridgehead atoms. The van der Waals surface area contributed by atoms with Crippen LogP contribution < -0.4 is 5.32 Å². The van der Waals surface area contributed by atoms with Crippen molar-refractivity contribution in [2.75, 3.05) is 6.54 Å². The van der Waals surface area contributed by atoms with Gasteiger partial charge in [-0.15, -0.1) is 11.3 Å². The van der Waals surface area contributed by atoms with E-state index in [1.165, 1.54) is 10.4 Å². The maximum atomic E-state index is 5.41. The number of thiazole rings is 1. The molecule has 3 nitrogen and oxygen atoms in total. The fraction of sp³-hybridized carbons (Fsp3) is 0.235. The topological polar surface area (TPSA) is 38.1 Å². The molecule has 1 aromatic carbocycles. The molecule has 0 fully saturated rings. The Labute approximate surface area is 128 Å². The molecule has 0 aliphatic carbocycles. The average molecular weight is 298 g/mol. The largest absolute Gasteiger partial charge is 0.469 e. The lowest BCUT2D eigenvalue weighted by Crippen LogP contribution is -2.12. The molecule has 0 unspecified atom stereocenters. The molecule has 0 aliphatic heterocycles. The summed E-state index contributed by atoms with van der Waals surface area (Å²) in [6.07, 6.45) is 1.72. The molecule has 1 N–H and O–H groups in total. The summed E-state index contributed by atoms with van der Waals surface area (Å²) in [6.45, 7) is 5.80. The lowest BCUT2D eigenvalue weighted by Gasteiger charge is -2.02. The summed E-state index contributed by atoms with van der Waals surface area (Å²) < 4.78 is 5.41. The molecule has 0 spiro atoms. The van der Waals surface area contributed by atoms with Gasteiger partial charge in [-0.1, -0.05) is 37.3 Å². The highest BCUT2D eigenvalue weighted by Gasteiger charge is 2.16. The van der Waals surface area contributed by atoms with Crippen LogP contribution in [0.15, 0.2) is 47.1 Å². The molecule has 0 amide bonds. The predicted molar refractivity (Wildman–Crippen MR) is 87.4 cm³/mol. The van der Waals surface area contributed by atoms with E-state index in [-0.39, 0.29) is 0 Å². The number of hydrogen-bond acceptors (Lipinski definition) is 4. The minimum atomic E-state index is 0.786. The average Bonchev–Trinajstić information content (AvgIpc) is 3.12. The number of benzene rings is 1. The summed E-state index contributed by atoms with van der Waals surface area (Å²) in [5, 5.41) is 4.39. The minimum Gasteiger partial charge on any atom is -0.469 e. The van der Waals surface area contributed by atoms with Crippen LogP contribution in [0.2, 0.25) is 0 Å². The Morgan fingerprint density at radius 1 is 1.19 bits per heavy atom. The van der Waals surface area contributed by atoms with Crippen LogP contribution in [0.5, 0.6) is 0 Å². The van der Waals surface area contributed by atoms with E-state index in [2.05, 4.69) is 36.5 Å². The van der Waals surface area contributed by atoms with Crippen LogP contribution in [0.4, 0.5) is 0 Å². The predicted octanol–water partition coefficient (Wildman–Crippen LogP) is 4.49. The van der Waals surface area contributed by atoms with E-state index < -0.39 is 0 Å². The molecular formula is C17H18N2OS. The van der Waals surface area contributed by atoms with E-state index in [1.807, 2.05) is 19.1 Å².